The van der Waals surface area contributed by atoms with Crippen molar-refractivity contribution in [2.75, 3.05) is 16.4 Å². The van der Waals surface area contributed by atoms with Gasteiger partial charge in [0.05, 0.1) is 0 Å². The summed E-state index contributed by atoms with van der Waals surface area (Å²) < 4.78 is 0. The van der Waals surface area contributed by atoms with Crippen LogP contribution in [0.4, 0.5) is 17.3 Å². The molecule has 1 saturated heterocycles. The summed E-state index contributed by atoms with van der Waals surface area (Å²) in [5.41, 5.74) is 7.65. The summed E-state index contributed by atoms with van der Waals surface area (Å²) >= 11 is 0. The molecule has 160 valence electrons. The lowest BCUT2D eigenvalue weighted by Gasteiger charge is -2.57. The molecule has 2 heterocycles. The highest BCUT2D eigenvalue weighted by Gasteiger charge is 2.51. The molecule has 4 aliphatic carbocycles. The molecule has 1 aliphatic heterocycles. The minimum atomic E-state index is 0.0848. The van der Waals surface area contributed by atoms with E-state index < -0.39 is 0 Å². The second-order valence-corrected chi connectivity index (χ2v) is 11.9. The zero-order valence-electron chi connectivity index (χ0n) is 18.5. The highest BCUT2D eigenvalue weighted by Crippen LogP contribution is 2.56. The van der Waals surface area contributed by atoms with E-state index in [4.69, 9.17) is 5.73 Å². The molecule has 5 aliphatic rings. The SMILES string of the molecule is CC1(C)CC(Nc2ncnc(NC34CC5CC(CC(C5)C3)C4)c2N)CC(C)(C)N1. The molecule has 0 radical (unpaired) electrons. The molecule has 29 heavy (non-hydrogen) atoms. The van der Waals surface area contributed by atoms with E-state index in [9.17, 15) is 0 Å². The van der Waals surface area contributed by atoms with E-state index in [0.717, 1.165) is 42.2 Å². The van der Waals surface area contributed by atoms with Gasteiger partial charge in [-0.2, -0.15) is 0 Å². The summed E-state index contributed by atoms with van der Waals surface area (Å²) in [6.07, 6.45) is 11.9. The van der Waals surface area contributed by atoms with Crippen molar-refractivity contribution in [3.8, 4) is 0 Å². The molecule has 0 aromatic carbocycles. The van der Waals surface area contributed by atoms with Gasteiger partial charge in [0.15, 0.2) is 11.6 Å². The summed E-state index contributed by atoms with van der Waals surface area (Å²) in [4.78, 5) is 9.08. The number of hydrogen-bond donors (Lipinski definition) is 4. The topological polar surface area (TPSA) is 87.9 Å². The molecule has 0 amide bonds. The van der Waals surface area contributed by atoms with Gasteiger partial charge in [0, 0.05) is 22.7 Å². The Balaban J connectivity index is 1.34. The first kappa shape index (κ1) is 19.4. The summed E-state index contributed by atoms with van der Waals surface area (Å²) in [5, 5.41) is 11.2. The van der Waals surface area contributed by atoms with Crippen LogP contribution in [0, 0.1) is 17.8 Å². The van der Waals surface area contributed by atoms with Crippen molar-refractivity contribution in [1.29, 1.82) is 0 Å². The third-order valence-corrected chi connectivity index (χ3v) is 7.84. The number of nitrogens with one attached hydrogen (secondary N) is 3. The Morgan fingerprint density at radius 2 is 1.38 bits per heavy atom. The van der Waals surface area contributed by atoms with Gasteiger partial charge in [-0.25, -0.2) is 9.97 Å². The monoisotopic (exact) mass is 398 g/mol. The van der Waals surface area contributed by atoms with Gasteiger partial charge in [0.1, 0.15) is 12.0 Å². The molecule has 4 saturated carbocycles. The Bertz CT molecular complexity index is 734. The maximum absolute atomic E-state index is 6.60. The molecule has 5 fully saturated rings. The number of anilines is 3. The van der Waals surface area contributed by atoms with Crippen molar-refractivity contribution in [2.45, 2.75) is 102 Å². The van der Waals surface area contributed by atoms with Crippen LogP contribution in [0.2, 0.25) is 0 Å². The third kappa shape index (κ3) is 3.80. The third-order valence-electron chi connectivity index (χ3n) is 7.84. The van der Waals surface area contributed by atoms with E-state index in [2.05, 4.69) is 53.6 Å². The summed E-state index contributed by atoms with van der Waals surface area (Å²) in [6.45, 7) is 9.08. The molecule has 6 heteroatoms. The second kappa shape index (κ2) is 6.47. The summed E-state index contributed by atoms with van der Waals surface area (Å²) in [5.74, 6) is 4.30. The normalized spacial score (nSPS) is 37.4. The molecule has 5 N–H and O–H groups in total. The molecule has 6 rings (SSSR count). The molecule has 1 aromatic rings. The fourth-order valence-electron chi connectivity index (χ4n) is 7.74. The fraction of sp³-hybridized carbons (Fsp3) is 0.826. The van der Waals surface area contributed by atoms with Crippen molar-refractivity contribution < 1.29 is 0 Å². The number of hydrogen-bond acceptors (Lipinski definition) is 6. The predicted molar refractivity (Wildman–Crippen MR) is 119 cm³/mol. The van der Waals surface area contributed by atoms with Crippen LogP contribution in [0.5, 0.6) is 0 Å². The number of aromatic nitrogens is 2. The van der Waals surface area contributed by atoms with Crippen LogP contribution in [0.1, 0.15) is 79.1 Å². The van der Waals surface area contributed by atoms with Gasteiger partial charge < -0.3 is 21.7 Å². The summed E-state index contributed by atoms with van der Waals surface area (Å²) in [6, 6.07) is 0.339. The largest absolute Gasteiger partial charge is 0.393 e. The standard InChI is InChI=1S/C23H38N6/c1-21(2)11-17(12-22(3,4)29-21)27-19-18(24)20(26-13-25-19)28-23-8-14-5-15(9-23)7-16(6-14)10-23/h13-17,29H,5-12,24H2,1-4H3,(H2,25,26,27,28). The molecule has 0 spiro atoms. The zero-order chi connectivity index (χ0) is 20.4. The molecule has 0 atom stereocenters. The van der Waals surface area contributed by atoms with Crippen LogP contribution in [-0.2, 0) is 0 Å². The van der Waals surface area contributed by atoms with Gasteiger partial charge in [-0.05, 0) is 96.8 Å². The van der Waals surface area contributed by atoms with Crippen molar-refractivity contribution in [1.82, 2.24) is 15.3 Å². The van der Waals surface area contributed by atoms with Crippen LogP contribution in [0.3, 0.4) is 0 Å². The van der Waals surface area contributed by atoms with Gasteiger partial charge in [0.2, 0.25) is 0 Å². The predicted octanol–water partition coefficient (Wildman–Crippen LogP) is 4.16. The number of rotatable bonds is 4. The van der Waals surface area contributed by atoms with Crippen molar-refractivity contribution in [3.05, 3.63) is 6.33 Å². The Labute approximate surface area is 175 Å². The first-order chi connectivity index (χ1) is 13.6. The quantitative estimate of drug-likeness (QED) is 0.609. The lowest BCUT2D eigenvalue weighted by atomic mass is 9.53. The average Bonchev–Trinajstić information content (AvgIpc) is 2.54. The Morgan fingerprint density at radius 1 is 0.862 bits per heavy atom. The van der Waals surface area contributed by atoms with Crippen LogP contribution < -0.4 is 21.7 Å². The van der Waals surface area contributed by atoms with Crippen LogP contribution in [0.15, 0.2) is 6.33 Å². The minimum absolute atomic E-state index is 0.0848. The molecule has 6 nitrogen and oxygen atoms in total. The Morgan fingerprint density at radius 3 is 1.93 bits per heavy atom. The van der Waals surface area contributed by atoms with Crippen molar-refractivity contribution >= 4 is 17.3 Å². The molecule has 0 unspecified atom stereocenters. The van der Waals surface area contributed by atoms with Crippen LogP contribution >= 0.6 is 0 Å². The number of piperidine rings is 1. The van der Waals surface area contributed by atoms with Gasteiger partial charge in [-0.3, -0.25) is 0 Å². The molecule has 4 bridgehead atoms. The van der Waals surface area contributed by atoms with E-state index in [-0.39, 0.29) is 16.6 Å². The zero-order valence-corrected chi connectivity index (χ0v) is 18.5. The number of nitrogens with zero attached hydrogens (tertiary/aromatic N) is 2. The molecular formula is C23H38N6. The van der Waals surface area contributed by atoms with E-state index in [1.165, 1.54) is 38.5 Å². The van der Waals surface area contributed by atoms with E-state index in [0.29, 0.717) is 11.7 Å². The van der Waals surface area contributed by atoms with Crippen LogP contribution in [-0.4, -0.2) is 32.6 Å². The van der Waals surface area contributed by atoms with E-state index >= 15 is 0 Å². The number of nitrogens with two attached hydrogens (primary N) is 1. The van der Waals surface area contributed by atoms with Crippen LogP contribution in [0.25, 0.3) is 0 Å². The summed E-state index contributed by atoms with van der Waals surface area (Å²) in [7, 11) is 0. The fourth-order valence-corrected chi connectivity index (χ4v) is 7.74. The molecule has 1 aromatic heterocycles. The Hall–Kier alpha value is -1.56. The highest BCUT2D eigenvalue weighted by atomic mass is 15.2. The van der Waals surface area contributed by atoms with Gasteiger partial charge >= 0.3 is 0 Å². The Kier molecular flexibility index (Phi) is 4.33. The lowest BCUT2D eigenvalue weighted by Crippen LogP contribution is -2.60. The van der Waals surface area contributed by atoms with Crippen molar-refractivity contribution in [3.63, 3.8) is 0 Å². The lowest BCUT2D eigenvalue weighted by molar-refractivity contribution is 0.0106. The van der Waals surface area contributed by atoms with Gasteiger partial charge in [-0.1, -0.05) is 0 Å². The molecular weight excluding hydrogens is 360 g/mol. The second-order valence-electron chi connectivity index (χ2n) is 11.9. The maximum atomic E-state index is 6.60. The highest BCUT2D eigenvalue weighted by molar-refractivity contribution is 5.74. The average molecular weight is 399 g/mol. The first-order valence-corrected chi connectivity index (χ1v) is 11.5. The van der Waals surface area contributed by atoms with Gasteiger partial charge in [-0.15, -0.1) is 0 Å². The number of nitrogen functional groups attached to an aromatic ring is 1. The van der Waals surface area contributed by atoms with E-state index in [1.807, 2.05) is 0 Å². The first-order valence-electron chi connectivity index (χ1n) is 11.5. The van der Waals surface area contributed by atoms with Gasteiger partial charge in [0.25, 0.3) is 0 Å². The van der Waals surface area contributed by atoms with E-state index in [1.54, 1.807) is 6.33 Å². The van der Waals surface area contributed by atoms with Crippen molar-refractivity contribution in [2.24, 2.45) is 17.8 Å². The minimum Gasteiger partial charge on any atom is -0.393 e. The maximum Gasteiger partial charge on any atom is 0.155 e. The smallest absolute Gasteiger partial charge is 0.155 e.